The maximum absolute atomic E-state index is 6.65. The highest BCUT2D eigenvalue weighted by atomic mass is 16.5. The van der Waals surface area contributed by atoms with Gasteiger partial charge in [0, 0.05) is 24.2 Å². The molecule has 0 radical (unpaired) electrons. The Morgan fingerprint density at radius 3 is 2.62 bits per heavy atom. The van der Waals surface area contributed by atoms with Gasteiger partial charge in [-0.15, -0.1) is 0 Å². The van der Waals surface area contributed by atoms with E-state index >= 15 is 0 Å². The van der Waals surface area contributed by atoms with Crippen LogP contribution >= 0.6 is 0 Å². The second-order valence-electron chi connectivity index (χ2n) is 8.16. The third kappa shape index (κ3) is 1.97. The molecule has 0 aromatic heterocycles. The van der Waals surface area contributed by atoms with Crippen LogP contribution in [0.3, 0.4) is 0 Å². The van der Waals surface area contributed by atoms with Crippen LogP contribution in [0.25, 0.3) is 11.1 Å². The van der Waals surface area contributed by atoms with E-state index in [4.69, 9.17) is 9.47 Å². The van der Waals surface area contributed by atoms with Gasteiger partial charge in [-0.05, 0) is 48.5 Å². The Balaban J connectivity index is 1.42. The van der Waals surface area contributed by atoms with E-state index in [9.17, 15) is 0 Å². The van der Waals surface area contributed by atoms with E-state index in [1.54, 1.807) is 7.11 Å². The summed E-state index contributed by atoms with van der Waals surface area (Å²) in [6.07, 6.45) is 1.22. The molecule has 4 atom stereocenters. The number of rotatable bonds is 2. The summed E-state index contributed by atoms with van der Waals surface area (Å²) in [4.78, 5) is 2.70. The summed E-state index contributed by atoms with van der Waals surface area (Å²) in [5, 5.41) is 3.55. The summed E-state index contributed by atoms with van der Waals surface area (Å²) < 4.78 is 12.3. The Bertz CT molecular complexity index is 868. The smallest absolute Gasteiger partial charge is 0.170 e. The first-order valence-electron chi connectivity index (χ1n) is 9.74. The second kappa shape index (κ2) is 5.48. The molecule has 0 unspecified atom stereocenters. The minimum Gasteiger partial charge on any atom is -0.493 e. The number of fused-ring (bicyclic) bond motifs is 3. The highest BCUT2D eigenvalue weighted by Gasteiger charge is 2.47. The van der Waals surface area contributed by atoms with Crippen LogP contribution in [0.5, 0.6) is 11.5 Å². The van der Waals surface area contributed by atoms with E-state index in [1.165, 1.54) is 48.4 Å². The van der Waals surface area contributed by atoms with Crippen molar-refractivity contribution in [2.24, 2.45) is 11.8 Å². The fraction of sp³-hybridized carbons (Fsp3) is 0.455. The number of hydrogen-bond acceptors (Lipinski definition) is 4. The van der Waals surface area contributed by atoms with Crippen molar-refractivity contribution in [2.75, 3.05) is 33.3 Å². The van der Waals surface area contributed by atoms with Gasteiger partial charge in [-0.3, -0.25) is 4.90 Å². The number of likely N-dealkylation sites (tertiary alicyclic amines) is 1. The summed E-state index contributed by atoms with van der Waals surface area (Å²) >= 11 is 0. The summed E-state index contributed by atoms with van der Waals surface area (Å²) in [6.45, 7) is 4.75. The standard InChI is InChI=1S/C22H24N2O2/c1-25-19-7-3-6-17-16-5-2-4-13-8-18(22(20(13)16)26-21(17)19)24-11-14-9-23-10-15(14)12-24/h2-7,14-15,18,22-23H,8-12H2,1H3/t14-,15+,18-,22+/m1/s1. The van der Waals surface area contributed by atoms with Crippen molar-refractivity contribution in [3.8, 4) is 22.6 Å². The highest BCUT2D eigenvalue weighted by molar-refractivity contribution is 5.80. The second-order valence-corrected chi connectivity index (χ2v) is 8.16. The molecule has 0 spiro atoms. The average molecular weight is 348 g/mol. The molecule has 26 heavy (non-hydrogen) atoms. The highest BCUT2D eigenvalue weighted by Crippen LogP contribution is 2.53. The zero-order valence-electron chi connectivity index (χ0n) is 15.1. The van der Waals surface area contributed by atoms with Crippen molar-refractivity contribution in [2.45, 2.75) is 18.6 Å². The predicted molar refractivity (Wildman–Crippen MR) is 101 cm³/mol. The fourth-order valence-corrected chi connectivity index (χ4v) is 5.64. The summed E-state index contributed by atoms with van der Waals surface area (Å²) in [6, 6.07) is 13.4. The number of nitrogens with zero attached hydrogens (tertiary/aromatic N) is 1. The molecule has 4 aliphatic rings. The van der Waals surface area contributed by atoms with Crippen LogP contribution in [0.1, 0.15) is 17.2 Å². The summed E-state index contributed by atoms with van der Waals surface area (Å²) in [5.41, 5.74) is 5.37. The predicted octanol–water partition coefficient (Wildman–Crippen LogP) is 2.87. The lowest BCUT2D eigenvalue weighted by molar-refractivity contribution is 0.0850. The van der Waals surface area contributed by atoms with Crippen LogP contribution in [-0.4, -0.2) is 44.2 Å². The van der Waals surface area contributed by atoms with E-state index in [2.05, 4.69) is 40.5 Å². The first kappa shape index (κ1) is 15.1. The zero-order valence-corrected chi connectivity index (χ0v) is 15.1. The van der Waals surface area contributed by atoms with Gasteiger partial charge in [-0.25, -0.2) is 0 Å². The van der Waals surface area contributed by atoms with Gasteiger partial charge >= 0.3 is 0 Å². The molecule has 0 bridgehead atoms. The van der Waals surface area contributed by atoms with Crippen LogP contribution in [0.15, 0.2) is 36.4 Å². The van der Waals surface area contributed by atoms with Crippen LogP contribution in [-0.2, 0) is 6.42 Å². The first-order valence-corrected chi connectivity index (χ1v) is 9.74. The molecule has 134 valence electrons. The molecular formula is C22H24N2O2. The average Bonchev–Trinajstić information content (AvgIpc) is 3.35. The van der Waals surface area contributed by atoms with Crippen molar-refractivity contribution in [3.63, 3.8) is 0 Å². The largest absolute Gasteiger partial charge is 0.493 e. The molecule has 0 amide bonds. The van der Waals surface area contributed by atoms with Gasteiger partial charge in [0.2, 0.25) is 0 Å². The third-order valence-corrected chi connectivity index (χ3v) is 6.88. The molecule has 2 aromatic rings. The van der Waals surface area contributed by atoms with Crippen LogP contribution < -0.4 is 14.8 Å². The lowest BCUT2D eigenvalue weighted by atomic mass is 9.92. The summed E-state index contributed by atoms with van der Waals surface area (Å²) in [7, 11) is 1.73. The Hall–Kier alpha value is -2.04. The lowest BCUT2D eigenvalue weighted by Crippen LogP contribution is -2.40. The topological polar surface area (TPSA) is 33.7 Å². The first-order chi connectivity index (χ1) is 12.8. The Kier molecular flexibility index (Phi) is 3.17. The maximum Gasteiger partial charge on any atom is 0.170 e. The molecule has 2 fully saturated rings. The Morgan fingerprint density at radius 1 is 1.04 bits per heavy atom. The zero-order chi connectivity index (χ0) is 17.3. The maximum atomic E-state index is 6.65. The number of hydrogen-bond donors (Lipinski definition) is 1. The van der Waals surface area contributed by atoms with Gasteiger partial charge in [0.25, 0.3) is 0 Å². The minimum atomic E-state index is 0.122. The van der Waals surface area contributed by atoms with Crippen molar-refractivity contribution < 1.29 is 9.47 Å². The van der Waals surface area contributed by atoms with E-state index in [0.717, 1.165) is 29.8 Å². The molecule has 1 aliphatic carbocycles. The van der Waals surface area contributed by atoms with Crippen molar-refractivity contribution in [1.82, 2.24) is 10.2 Å². The van der Waals surface area contributed by atoms with E-state index in [0.29, 0.717) is 6.04 Å². The molecule has 2 aromatic carbocycles. The molecule has 1 N–H and O–H groups in total. The van der Waals surface area contributed by atoms with Crippen molar-refractivity contribution >= 4 is 0 Å². The summed E-state index contributed by atoms with van der Waals surface area (Å²) in [5.74, 6) is 3.37. The molecule has 2 saturated heterocycles. The normalized spacial score (nSPS) is 31.3. The number of methoxy groups -OCH3 is 1. The Labute approximate surface area is 154 Å². The molecule has 6 rings (SSSR count). The van der Waals surface area contributed by atoms with Gasteiger partial charge in [-0.1, -0.05) is 30.3 Å². The molecule has 4 nitrogen and oxygen atoms in total. The molecule has 3 heterocycles. The number of nitrogens with one attached hydrogen (secondary N) is 1. The van der Waals surface area contributed by atoms with E-state index < -0.39 is 0 Å². The van der Waals surface area contributed by atoms with Gasteiger partial charge < -0.3 is 14.8 Å². The quantitative estimate of drug-likeness (QED) is 0.905. The number of ether oxygens (including phenoxy) is 2. The SMILES string of the molecule is COc1cccc2c1O[C@@H]1c3c(cccc3-2)C[C@H]1N1C[C@H]2CNC[C@H]2C1. The fourth-order valence-electron chi connectivity index (χ4n) is 5.64. The molecule has 3 aliphatic heterocycles. The molecule has 0 saturated carbocycles. The van der Waals surface area contributed by atoms with Crippen molar-refractivity contribution in [1.29, 1.82) is 0 Å². The van der Waals surface area contributed by atoms with Crippen LogP contribution in [0.2, 0.25) is 0 Å². The van der Waals surface area contributed by atoms with Gasteiger partial charge in [0.05, 0.1) is 13.2 Å². The van der Waals surface area contributed by atoms with Gasteiger partial charge in [0.15, 0.2) is 11.5 Å². The van der Waals surface area contributed by atoms with Gasteiger partial charge in [0.1, 0.15) is 6.10 Å². The Morgan fingerprint density at radius 2 is 1.81 bits per heavy atom. The van der Waals surface area contributed by atoms with Crippen molar-refractivity contribution in [3.05, 3.63) is 47.5 Å². The number of para-hydroxylation sites is 1. The van der Waals surface area contributed by atoms with Gasteiger partial charge in [-0.2, -0.15) is 0 Å². The van der Waals surface area contributed by atoms with E-state index in [-0.39, 0.29) is 6.10 Å². The lowest BCUT2D eigenvalue weighted by Gasteiger charge is -2.34. The third-order valence-electron chi connectivity index (χ3n) is 6.88. The van der Waals surface area contributed by atoms with Crippen LogP contribution in [0, 0.1) is 11.8 Å². The molecular weight excluding hydrogens is 324 g/mol. The monoisotopic (exact) mass is 348 g/mol. The number of benzene rings is 2. The minimum absolute atomic E-state index is 0.122. The van der Waals surface area contributed by atoms with E-state index in [1.807, 2.05) is 6.07 Å². The molecule has 4 heteroatoms. The van der Waals surface area contributed by atoms with Crippen LogP contribution in [0.4, 0.5) is 0 Å².